The van der Waals surface area contributed by atoms with Gasteiger partial charge in [-0.3, -0.25) is 4.79 Å². The van der Waals surface area contributed by atoms with Gasteiger partial charge in [0.1, 0.15) is 5.75 Å². The van der Waals surface area contributed by atoms with Crippen LogP contribution in [0.25, 0.3) is 11.4 Å². The van der Waals surface area contributed by atoms with E-state index >= 15 is 0 Å². The van der Waals surface area contributed by atoms with Crippen molar-refractivity contribution < 1.29 is 14.1 Å². The number of para-hydroxylation sites is 1. The summed E-state index contributed by atoms with van der Waals surface area (Å²) >= 11 is 6.03. The molecule has 6 nitrogen and oxygen atoms in total. The lowest BCUT2D eigenvalue weighted by molar-refractivity contribution is -0.117. The molecule has 26 heavy (non-hydrogen) atoms. The molecule has 0 bridgehead atoms. The molecule has 1 aliphatic heterocycles. The third-order valence-corrected chi connectivity index (χ3v) is 4.62. The summed E-state index contributed by atoms with van der Waals surface area (Å²) in [6, 6.07) is 14.7. The summed E-state index contributed by atoms with van der Waals surface area (Å²) in [5, 5.41) is 4.65. The number of carbonyl (C=O) groups excluding carboxylic acids is 1. The second-order valence-electron chi connectivity index (χ2n) is 6.04. The Hall–Kier alpha value is -2.86. The zero-order chi connectivity index (χ0) is 18.1. The highest BCUT2D eigenvalue weighted by Gasteiger charge is 2.35. The predicted molar refractivity (Wildman–Crippen MR) is 97.4 cm³/mol. The van der Waals surface area contributed by atoms with Crippen LogP contribution in [0.5, 0.6) is 5.75 Å². The Balaban J connectivity index is 1.58. The molecule has 3 aromatic rings. The van der Waals surface area contributed by atoms with Gasteiger partial charge in [-0.15, -0.1) is 0 Å². The average Bonchev–Trinajstić information content (AvgIpc) is 3.28. The van der Waals surface area contributed by atoms with Gasteiger partial charge in [0.05, 0.1) is 18.6 Å². The van der Waals surface area contributed by atoms with Crippen LogP contribution >= 0.6 is 11.6 Å². The highest BCUT2D eigenvalue weighted by atomic mass is 35.5. The molecule has 0 radical (unpaired) electrons. The zero-order valence-electron chi connectivity index (χ0n) is 14.1. The normalized spacial score (nSPS) is 16.9. The molecule has 2 aromatic carbocycles. The van der Waals surface area contributed by atoms with Gasteiger partial charge in [-0.05, 0) is 30.3 Å². The van der Waals surface area contributed by atoms with E-state index in [4.69, 9.17) is 20.9 Å². The van der Waals surface area contributed by atoms with Crippen molar-refractivity contribution in [1.82, 2.24) is 10.1 Å². The van der Waals surface area contributed by atoms with Crippen molar-refractivity contribution in [3.05, 3.63) is 59.4 Å². The van der Waals surface area contributed by atoms with Gasteiger partial charge in [0.2, 0.25) is 17.6 Å². The van der Waals surface area contributed by atoms with Crippen LogP contribution in [-0.2, 0) is 4.79 Å². The largest absolute Gasteiger partial charge is 0.496 e. The molecular weight excluding hydrogens is 354 g/mol. The topological polar surface area (TPSA) is 68.5 Å². The van der Waals surface area contributed by atoms with Gasteiger partial charge in [-0.2, -0.15) is 4.98 Å². The molecule has 4 rings (SSSR count). The fourth-order valence-electron chi connectivity index (χ4n) is 3.11. The highest BCUT2D eigenvalue weighted by molar-refractivity contribution is 6.30. The molecule has 1 fully saturated rings. The van der Waals surface area contributed by atoms with Crippen LogP contribution in [-0.4, -0.2) is 29.7 Å². The van der Waals surface area contributed by atoms with Crippen LogP contribution in [0.1, 0.15) is 18.2 Å². The van der Waals surface area contributed by atoms with Crippen molar-refractivity contribution in [2.45, 2.75) is 12.3 Å². The Labute approximate surface area is 155 Å². The van der Waals surface area contributed by atoms with Crippen LogP contribution in [0.3, 0.4) is 0 Å². The fraction of sp³-hybridized carbons (Fsp3) is 0.211. The number of methoxy groups -OCH3 is 1. The molecule has 1 aliphatic rings. The van der Waals surface area contributed by atoms with Crippen LogP contribution in [0.4, 0.5) is 5.69 Å². The molecule has 1 aromatic heterocycles. The second-order valence-corrected chi connectivity index (χ2v) is 6.48. The molecule has 0 N–H and O–H groups in total. The maximum Gasteiger partial charge on any atom is 0.232 e. The average molecular weight is 370 g/mol. The van der Waals surface area contributed by atoms with Crippen molar-refractivity contribution in [1.29, 1.82) is 0 Å². The highest BCUT2D eigenvalue weighted by Crippen LogP contribution is 2.34. The molecule has 0 aliphatic carbocycles. The zero-order valence-corrected chi connectivity index (χ0v) is 14.8. The van der Waals surface area contributed by atoms with Crippen molar-refractivity contribution >= 4 is 23.2 Å². The standard InChI is InChI=1S/C19H16ClN3O3/c1-25-16-8-3-2-7-15(16)18-21-19(26-22-18)12-9-17(24)23(11-12)14-6-4-5-13(20)10-14/h2-8,10,12H,9,11H2,1H3. The minimum absolute atomic E-state index is 0.00862. The number of hydrogen-bond donors (Lipinski definition) is 0. The van der Waals surface area contributed by atoms with E-state index in [2.05, 4.69) is 10.1 Å². The number of nitrogens with zero attached hydrogens (tertiary/aromatic N) is 3. The summed E-state index contributed by atoms with van der Waals surface area (Å²) in [5.41, 5.74) is 1.52. The minimum atomic E-state index is -0.155. The molecule has 7 heteroatoms. The molecule has 1 saturated heterocycles. The first-order valence-electron chi connectivity index (χ1n) is 8.18. The Bertz CT molecular complexity index is 956. The monoisotopic (exact) mass is 369 g/mol. The lowest BCUT2D eigenvalue weighted by Gasteiger charge is -2.16. The SMILES string of the molecule is COc1ccccc1-c1noc(C2CC(=O)N(c3cccc(Cl)c3)C2)n1. The van der Waals surface area contributed by atoms with E-state index in [0.717, 1.165) is 11.3 Å². The summed E-state index contributed by atoms with van der Waals surface area (Å²) in [7, 11) is 1.60. The van der Waals surface area contributed by atoms with E-state index < -0.39 is 0 Å². The maximum atomic E-state index is 12.4. The Morgan fingerprint density at radius 2 is 2.08 bits per heavy atom. The quantitative estimate of drug-likeness (QED) is 0.697. The van der Waals surface area contributed by atoms with Gasteiger partial charge in [0.15, 0.2) is 0 Å². The smallest absolute Gasteiger partial charge is 0.232 e. The number of benzene rings is 2. The number of halogens is 1. The number of rotatable bonds is 4. The van der Waals surface area contributed by atoms with E-state index in [1.54, 1.807) is 24.1 Å². The number of aromatic nitrogens is 2. The van der Waals surface area contributed by atoms with Gasteiger partial charge in [-0.25, -0.2) is 0 Å². The van der Waals surface area contributed by atoms with Gasteiger partial charge < -0.3 is 14.2 Å². The van der Waals surface area contributed by atoms with E-state index in [9.17, 15) is 4.79 Å². The Kier molecular flexibility index (Phi) is 4.34. The molecule has 1 amide bonds. The van der Waals surface area contributed by atoms with Crippen molar-refractivity contribution in [2.75, 3.05) is 18.6 Å². The van der Waals surface area contributed by atoms with Gasteiger partial charge >= 0.3 is 0 Å². The number of hydrogen-bond acceptors (Lipinski definition) is 5. The van der Waals surface area contributed by atoms with Crippen LogP contribution in [0, 0.1) is 0 Å². The summed E-state index contributed by atoms with van der Waals surface area (Å²) in [6.45, 7) is 0.479. The van der Waals surface area contributed by atoms with E-state index in [-0.39, 0.29) is 11.8 Å². The summed E-state index contributed by atoms with van der Waals surface area (Å²) in [4.78, 5) is 18.6. The number of amides is 1. The third kappa shape index (κ3) is 3.04. The molecule has 0 saturated carbocycles. The lowest BCUT2D eigenvalue weighted by atomic mass is 10.1. The second kappa shape index (κ2) is 6.80. The number of anilines is 1. The molecule has 1 atom stereocenters. The summed E-state index contributed by atoms with van der Waals surface area (Å²) in [5.74, 6) is 1.42. The van der Waals surface area contributed by atoms with Crippen molar-refractivity contribution in [3.8, 4) is 17.1 Å². The van der Waals surface area contributed by atoms with Crippen LogP contribution in [0.2, 0.25) is 5.02 Å². The third-order valence-electron chi connectivity index (χ3n) is 4.38. The minimum Gasteiger partial charge on any atom is -0.496 e. The first kappa shape index (κ1) is 16.6. The van der Waals surface area contributed by atoms with Crippen molar-refractivity contribution in [3.63, 3.8) is 0 Å². The van der Waals surface area contributed by atoms with E-state index in [1.165, 1.54) is 0 Å². The maximum absolute atomic E-state index is 12.4. The van der Waals surface area contributed by atoms with Gasteiger partial charge in [-0.1, -0.05) is 35.0 Å². The molecule has 132 valence electrons. The van der Waals surface area contributed by atoms with E-state index in [0.29, 0.717) is 35.5 Å². The number of carbonyl (C=O) groups is 1. The van der Waals surface area contributed by atoms with Crippen molar-refractivity contribution in [2.24, 2.45) is 0 Å². The molecular formula is C19H16ClN3O3. The molecule has 2 heterocycles. The summed E-state index contributed by atoms with van der Waals surface area (Å²) < 4.78 is 10.8. The Morgan fingerprint density at radius 1 is 1.23 bits per heavy atom. The summed E-state index contributed by atoms with van der Waals surface area (Å²) in [6.07, 6.45) is 0.320. The molecule has 1 unspecified atom stereocenters. The molecule has 0 spiro atoms. The first-order chi connectivity index (χ1) is 12.7. The van der Waals surface area contributed by atoms with Gasteiger partial charge in [0, 0.05) is 23.7 Å². The van der Waals surface area contributed by atoms with Crippen LogP contribution < -0.4 is 9.64 Å². The van der Waals surface area contributed by atoms with Crippen LogP contribution in [0.15, 0.2) is 53.1 Å². The Morgan fingerprint density at radius 3 is 2.88 bits per heavy atom. The lowest BCUT2D eigenvalue weighted by Crippen LogP contribution is -2.24. The van der Waals surface area contributed by atoms with E-state index in [1.807, 2.05) is 36.4 Å². The number of ether oxygens (including phenoxy) is 1. The first-order valence-corrected chi connectivity index (χ1v) is 8.56. The fourth-order valence-corrected chi connectivity index (χ4v) is 3.29. The van der Waals surface area contributed by atoms with Gasteiger partial charge in [0.25, 0.3) is 0 Å². The predicted octanol–water partition coefficient (Wildman–Crippen LogP) is 3.92.